The highest BCUT2D eigenvalue weighted by atomic mass is 16.6. The van der Waals surface area contributed by atoms with Crippen LogP contribution in [0.3, 0.4) is 0 Å². The van der Waals surface area contributed by atoms with Crippen molar-refractivity contribution in [1.29, 1.82) is 0 Å². The maximum atomic E-state index is 7.14. The fraction of sp³-hybridized carbons (Fsp3) is 0.256. The third-order valence-electron chi connectivity index (χ3n) is 10.3. The van der Waals surface area contributed by atoms with Crippen LogP contribution in [0.5, 0.6) is 23.0 Å². The zero-order valence-corrected chi connectivity index (χ0v) is 27.6. The lowest BCUT2D eigenvalue weighted by atomic mass is 9.65. The number of ether oxygens (including phenoxy) is 7. The van der Waals surface area contributed by atoms with Gasteiger partial charge in [-0.1, -0.05) is 72.8 Å². The Labute approximate surface area is 290 Å². The van der Waals surface area contributed by atoms with Crippen LogP contribution >= 0.6 is 0 Å². The van der Waals surface area contributed by atoms with Gasteiger partial charge in [-0.3, -0.25) is 0 Å². The molecule has 2 saturated heterocycles. The molecule has 2 unspecified atom stereocenters. The first kappa shape index (κ1) is 29.9. The van der Waals surface area contributed by atoms with E-state index in [1.807, 2.05) is 12.1 Å². The zero-order chi connectivity index (χ0) is 33.1. The Morgan fingerprint density at radius 3 is 1.48 bits per heavy atom. The van der Waals surface area contributed by atoms with Crippen LogP contribution in [0.15, 0.2) is 109 Å². The van der Waals surface area contributed by atoms with Crippen molar-refractivity contribution in [2.45, 2.75) is 17.6 Å². The maximum Gasteiger partial charge on any atom is 0.140 e. The normalized spacial score (nSPS) is 18.6. The van der Waals surface area contributed by atoms with Crippen molar-refractivity contribution in [2.75, 3.05) is 52.9 Å². The summed E-state index contributed by atoms with van der Waals surface area (Å²) < 4.78 is 41.1. The molecule has 6 aromatic rings. The fourth-order valence-electron chi connectivity index (χ4n) is 7.81. The number of epoxide rings is 2. The van der Waals surface area contributed by atoms with Crippen LogP contribution in [-0.2, 0) is 24.4 Å². The van der Waals surface area contributed by atoms with Crippen molar-refractivity contribution in [3.05, 3.63) is 131 Å². The van der Waals surface area contributed by atoms with Gasteiger partial charge in [0.1, 0.15) is 48.4 Å². The largest absolute Gasteiger partial charge is 0.491 e. The van der Waals surface area contributed by atoms with Gasteiger partial charge in [-0.25, -0.2) is 0 Å². The molecule has 50 heavy (non-hydrogen) atoms. The Hall–Kier alpha value is -4.92. The van der Waals surface area contributed by atoms with Crippen LogP contribution in [0.2, 0.25) is 0 Å². The van der Waals surface area contributed by atoms with E-state index in [0.717, 1.165) is 68.9 Å². The van der Waals surface area contributed by atoms with Crippen molar-refractivity contribution in [3.63, 3.8) is 0 Å². The second-order valence-electron chi connectivity index (χ2n) is 13.4. The summed E-state index contributed by atoms with van der Waals surface area (Å²) in [5, 5.41) is 4.19. The van der Waals surface area contributed by atoms with Gasteiger partial charge in [0.25, 0.3) is 0 Å². The topological polar surface area (TPSA) is 71.2 Å². The molecule has 2 fully saturated rings. The molecule has 4 aliphatic rings. The molecule has 250 valence electrons. The van der Waals surface area contributed by atoms with Crippen molar-refractivity contribution in [2.24, 2.45) is 0 Å². The first-order chi connectivity index (χ1) is 24.8. The molecule has 2 atom stereocenters. The van der Waals surface area contributed by atoms with Crippen molar-refractivity contribution >= 4 is 21.5 Å². The first-order valence-electron chi connectivity index (χ1n) is 17.4. The van der Waals surface area contributed by atoms with E-state index >= 15 is 0 Å². The molecule has 0 amide bonds. The highest BCUT2D eigenvalue weighted by Gasteiger charge is 2.51. The van der Waals surface area contributed by atoms with E-state index in [0.29, 0.717) is 39.6 Å². The van der Waals surface area contributed by atoms with Gasteiger partial charge in [-0.05, 0) is 69.4 Å². The summed E-state index contributed by atoms with van der Waals surface area (Å²) >= 11 is 0. The molecule has 0 bridgehead atoms. The molecular formula is C43H36O7. The Bertz CT molecular complexity index is 2090. The van der Waals surface area contributed by atoms with Crippen molar-refractivity contribution < 1.29 is 33.2 Å². The summed E-state index contributed by atoms with van der Waals surface area (Å²) in [4.78, 5) is 0. The van der Waals surface area contributed by atoms with Gasteiger partial charge < -0.3 is 33.2 Å². The van der Waals surface area contributed by atoms with Crippen LogP contribution in [0.4, 0.5) is 0 Å². The third kappa shape index (κ3) is 5.04. The Kier molecular flexibility index (Phi) is 7.27. The summed E-state index contributed by atoms with van der Waals surface area (Å²) in [7, 11) is 0. The molecule has 0 radical (unpaired) electrons. The number of benzene rings is 6. The van der Waals surface area contributed by atoms with E-state index in [1.165, 1.54) is 22.3 Å². The van der Waals surface area contributed by atoms with Crippen LogP contribution < -0.4 is 14.2 Å². The van der Waals surface area contributed by atoms with E-state index in [-0.39, 0.29) is 12.2 Å². The molecular weight excluding hydrogens is 628 g/mol. The molecule has 0 N–H and O–H groups in total. The van der Waals surface area contributed by atoms with Gasteiger partial charge in [-0.2, -0.15) is 0 Å². The van der Waals surface area contributed by atoms with Crippen LogP contribution in [0.1, 0.15) is 22.3 Å². The second kappa shape index (κ2) is 12.1. The smallest absolute Gasteiger partial charge is 0.140 e. The van der Waals surface area contributed by atoms with Crippen molar-refractivity contribution in [1.82, 2.24) is 0 Å². The highest BCUT2D eigenvalue weighted by molar-refractivity contribution is 6.00. The fourth-order valence-corrected chi connectivity index (χ4v) is 7.81. The molecule has 3 heterocycles. The Balaban J connectivity index is 1.07. The SMILES string of the molecule is c1ccc2c(c1)-c1ccccc1C21c2ccc3cc(OCCOCC4CO4)ccc3c2Oc2c1ccc1cc(OCCOCC3CO3)ccc21. The Morgan fingerprint density at radius 2 is 1.00 bits per heavy atom. The van der Waals surface area contributed by atoms with Gasteiger partial charge >= 0.3 is 0 Å². The minimum atomic E-state index is -0.561. The van der Waals surface area contributed by atoms with Gasteiger partial charge in [0.05, 0.1) is 45.1 Å². The summed E-state index contributed by atoms with van der Waals surface area (Å²) in [6, 6.07) is 39.0. The Morgan fingerprint density at radius 1 is 0.520 bits per heavy atom. The van der Waals surface area contributed by atoms with Gasteiger partial charge in [0.15, 0.2) is 0 Å². The van der Waals surface area contributed by atoms with Crippen LogP contribution in [-0.4, -0.2) is 65.1 Å². The maximum absolute atomic E-state index is 7.14. The van der Waals surface area contributed by atoms with E-state index in [1.54, 1.807) is 0 Å². The molecule has 7 heteroatoms. The van der Waals surface area contributed by atoms with Gasteiger partial charge in [0.2, 0.25) is 0 Å². The molecule has 0 saturated carbocycles. The number of rotatable bonds is 12. The van der Waals surface area contributed by atoms with Crippen LogP contribution in [0, 0.1) is 0 Å². The summed E-state index contributed by atoms with van der Waals surface area (Å²) in [6.45, 7) is 4.81. The summed E-state index contributed by atoms with van der Waals surface area (Å²) in [6.07, 6.45) is 0.499. The average molecular weight is 665 g/mol. The summed E-state index contributed by atoms with van der Waals surface area (Å²) in [5.74, 6) is 3.33. The number of fused-ring (bicyclic) bond motifs is 13. The molecule has 6 aromatic carbocycles. The minimum Gasteiger partial charge on any atom is -0.491 e. The summed E-state index contributed by atoms with van der Waals surface area (Å²) in [5.41, 5.74) is 6.73. The molecule has 10 rings (SSSR count). The van der Waals surface area contributed by atoms with Crippen LogP contribution in [0.25, 0.3) is 32.7 Å². The standard InChI is InChI=1S/C43H36O7/c1-3-7-37-35(5-1)36-6-2-4-8-38(36)43(37)39-15-9-27-21-29(46-19-17-44-23-31-25-48-31)11-13-33(27)41(39)50-42-34-14-12-30(22-28(34)10-16-40(42)43)47-20-18-45-24-32-26-49-32/h1-16,21-22,31-32H,17-20,23-26H2. The lowest BCUT2D eigenvalue weighted by Crippen LogP contribution is -2.32. The lowest BCUT2D eigenvalue weighted by molar-refractivity contribution is 0.0879. The minimum absolute atomic E-state index is 0.249. The van der Waals surface area contributed by atoms with Crippen molar-refractivity contribution in [3.8, 4) is 34.1 Å². The number of hydrogen-bond acceptors (Lipinski definition) is 7. The molecule has 0 aromatic heterocycles. The number of hydrogen-bond donors (Lipinski definition) is 0. The quantitative estimate of drug-likeness (QED) is 0.0967. The predicted molar refractivity (Wildman–Crippen MR) is 191 cm³/mol. The van der Waals surface area contributed by atoms with Gasteiger partial charge in [-0.15, -0.1) is 0 Å². The van der Waals surface area contributed by atoms with E-state index in [4.69, 9.17) is 33.2 Å². The molecule has 7 nitrogen and oxygen atoms in total. The second-order valence-corrected chi connectivity index (χ2v) is 13.4. The molecule has 1 aliphatic carbocycles. The van der Waals surface area contributed by atoms with E-state index in [2.05, 4.69) is 97.1 Å². The average Bonchev–Trinajstić information content (AvgIpc) is 4.11. The molecule has 3 aliphatic heterocycles. The van der Waals surface area contributed by atoms with E-state index < -0.39 is 5.41 Å². The third-order valence-corrected chi connectivity index (χ3v) is 10.3. The monoisotopic (exact) mass is 664 g/mol. The molecule has 1 spiro atoms. The van der Waals surface area contributed by atoms with E-state index in [9.17, 15) is 0 Å². The van der Waals surface area contributed by atoms with Gasteiger partial charge in [0, 0.05) is 21.9 Å². The predicted octanol–water partition coefficient (Wildman–Crippen LogP) is 8.05. The lowest BCUT2D eigenvalue weighted by Gasteiger charge is -2.40. The highest BCUT2D eigenvalue weighted by Crippen LogP contribution is 2.63. The zero-order valence-electron chi connectivity index (χ0n) is 27.6. The first-order valence-corrected chi connectivity index (χ1v) is 17.4.